The summed E-state index contributed by atoms with van der Waals surface area (Å²) in [5.41, 5.74) is -0.102. The SMILES string of the molecule is CC1CC(C(=O)O)CN(S(=O)(=O)c2ccc(NS(C)(=O)=O)cc2F)C1. The van der Waals surface area contributed by atoms with Crippen molar-refractivity contribution in [1.82, 2.24) is 4.31 Å². The third kappa shape index (κ3) is 4.67. The molecule has 0 saturated carbocycles. The molecule has 0 aliphatic carbocycles. The summed E-state index contributed by atoms with van der Waals surface area (Å²) >= 11 is 0. The number of piperidine rings is 1. The van der Waals surface area contributed by atoms with Gasteiger partial charge in [0.05, 0.1) is 17.9 Å². The maximum Gasteiger partial charge on any atom is 0.307 e. The van der Waals surface area contributed by atoms with Crippen LogP contribution >= 0.6 is 0 Å². The smallest absolute Gasteiger partial charge is 0.307 e. The van der Waals surface area contributed by atoms with Crippen molar-refractivity contribution in [2.24, 2.45) is 11.8 Å². The molecule has 1 aliphatic rings. The molecule has 2 atom stereocenters. The molecule has 0 amide bonds. The number of benzene rings is 1. The summed E-state index contributed by atoms with van der Waals surface area (Å²) in [6.07, 6.45) is 1.23. The molecular formula is C14H19FN2O6S2. The highest BCUT2D eigenvalue weighted by Crippen LogP contribution is 2.29. The number of nitrogens with zero attached hydrogens (tertiary/aromatic N) is 1. The lowest BCUT2D eigenvalue weighted by atomic mass is 9.92. The highest BCUT2D eigenvalue weighted by molar-refractivity contribution is 7.92. The fraction of sp³-hybridized carbons (Fsp3) is 0.500. The number of aliphatic carboxylic acids is 1. The van der Waals surface area contributed by atoms with Gasteiger partial charge >= 0.3 is 5.97 Å². The Morgan fingerprint density at radius 1 is 1.28 bits per heavy atom. The topological polar surface area (TPSA) is 121 Å². The summed E-state index contributed by atoms with van der Waals surface area (Å²) in [5.74, 6) is -3.25. The molecule has 1 aromatic rings. The van der Waals surface area contributed by atoms with Gasteiger partial charge in [0.2, 0.25) is 20.0 Å². The van der Waals surface area contributed by atoms with E-state index in [4.69, 9.17) is 5.11 Å². The molecule has 2 unspecified atom stereocenters. The Balaban J connectivity index is 2.34. The van der Waals surface area contributed by atoms with E-state index >= 15 is 0 Å². The first-order chi connectivity index (χ1) is 11.4. The van der Waals surface area contributed by atoms with E-state index in [1.165, 1.54) is 0 Å². The summed E-state index contributed by atoms with van der Waals surface area (Å²) in [6.45, 7) is 1.59. The van der Waals surface area contributed by atoms with E-state index in [0.717, 1.165) is 28.8 Å². The zero-order valence-electron chi connectivity index (χ0n) is 13.6. The summed E-state index contributed by atoms with van der Waals surface area (Å²) < 4.78 is 65.0. The third-order valence-electron chi connectivity index (χ3n) is 3.83. The van der Waals surface area contributed by atoms with Gasteiger partial charge in [-0.1, -0.05) is 6.92 Å². The second-order valence-electron chi connectivity index (χ2n) is 6.22. The molecule has 11 heteroatoms. The molecule has 1 saturated heterocycles. The number of anilines is 1. The minimum atomic E-state index is -4.23. The van der Waals surface area contributed by atoms with Crippen LogP contribution in [0.15, 0.2) is 23.1 Å². The lowest BCUT2D eigenvalue weighted by molar-refractivity contribution is -0.143. The predicted octanol–water partition coefficient (Wildman–Crippen LogP) is 0.929. The van der Waals surface area contributed by atoms with E-state index in [1.54, 1.807) is 6.92 Å². The van der Waals surface area contributed by atoms with Gasteiger partial charge < -0.3 is 5.11 Å². The molecule has 0 bridgehead atoms. The first kappa shape index (κ1) is 19.6. The Kier molecular flexibility index (Phi) is 5.40. The molecule has 8 nitrogen and oxygen atoms in total. The summed E-state index contributed by atoms with van der Waals surface area (Å²) in [7, 11) is -7.86. The van der Waals surface area contributed by atoms with E-state index < -0.39 is 42.6 Å². The molecule has 1 heterocycles. The molecule has 1 aliphatic heterocycles. The number of halogens is 1. The molecule has 0 spiro atoms. The lowest BCUT2D eigenvalue weighted by Crippen LogP contribution is -2.45. The molecule has 25 heavy (non-hydrogen) atoms. The van der Waals surface area contributed by atoms with Gasteiger partial charge in [-0.2, -0.15) is 4.31 Å². The van der Waals surface area contributed by atoms with Crippen LogP contribution in [0, 0.1) is 17.7 Å². The van der Waals surface area contributed by atoms with Crippen LogP contribution in [0.2, 0.25) is 0 Å². The van der Waals surface area contributed by atoms with E-state index in [9.17, 15) is 26.0 Å². The molecule has 2 N–H and O–H groups in total. The second-order valence-corrected chi connectivity index (χ2v) is 9.87. The number of sulfonamides is 2. The minimum absolute atomic E-state index is 0.0922. The van der Waals surface area contributed by atoms with Crippen molar-refractivity contribution in [3.63, 3.8) is 0 Å². The van der Waals surface area contributed by atoms with Crippen LogP contribution in [0.1, 0.15) is 13.3 Å². The van der Waals surface area contributed by atoms with Crippen LogP contribution in [0.5, 0.6) is 0 Å². The predicted molar refractivity (Wildman–Crippen MR) is 88.5 cm³/mol. The van der Waals surface area contributed by atoms with Gasteiger partial charge in [0.1, 0.15) is 10.7 Å². The Morgan fingerprint density at radius 2 is 1.92 bits per heavy atom. The Bertz CT molecular complexity index is 885. The van der Waals surface area contributed by atoms with Crippen LogP contribution < -0.4 is 4.72 Å². The van der Waals surface area contributed by atoms with Gasteiger partial charge in [0.25, 0.3) is 0 Å². The normalized spacial score (nSPS) is 22.5. The Morgan fingerprint density at radius 3 is 2.44 bits per heavy atom. The summed E-state index contributed by atoms with van der Waals surface area (Å²) in [5, 5.41) is 9.15. The maximum absolute atomic E-state index is 14.3. The fourth-order valence-electron chi connectivity index (χ4n) is 2.80. The van der Waals surface area contributed by atoms with Crippen LogP contribution in [0.3, 0.4) is 0 Å². The first-order valence-corrected chi connectivity index (χ1v) is 10.7. The standard InChI is InChI=1S/C14H19FN2O6S2/c1-9-5-10(14(18)19)8-17(7-9)25(22,23)13-4-3-11(6-12(13)15)16-24(2,20)21/h3-4,6,9-10,16H,5,7-8H2,1-2H3,(H,18,19). The zero-order chi connectivity index (χ0) is 19.0. The second kappa shape index (κ2) is 6.89. The van der Waals surface area contributed by atoms with Gasteiger partial charge in [0, 0.05) is 13.1 Å². The van der Waals surface area contributed by atoms with Crippen molar-refractivity contribution in [2.75, 3.05) is 24.1 Å². The largest absolute Gasteiger partial charge is 0.481 e. The van der Waals surface area contributed by atoms with E-state index in [2.05, 4.69) is 4.72 Å². The number of rotatable bonds is 5. The van der Waals surface area contributed by atoms with Gasteiger partial charge in [-0.05, 0) is 30.5 Å². The number of hydrogen-bond donors (Lipinski definition) is 2. The highest BCUT2D eigenvalue weighted by Gasteiger charge is 2.37. The molecule has 0 aromatic heterocycles. The number of hydrogen-bond acceptors (Lipinski definition) is 5. The average Bonchev–Trinajstić information content (AvgIpc) is 2.44. The first-order valence-electron chi connectivity index (χ1n) is 7.40. The summed E-state index contributed by atoms with van der Waals surface area (Å²) in [4.78, 5) is 10.6. The maximum atomic E-state index is 14.3. The Labute approximate surface area is 145 Å². The third-order valence-corrected chi connectivity index (χ3v) is 6.30. The van der Waals surface area contributed by atoms with Crippen LogP contribution in [0.4, 0.5) is 10.1 Å². The van der Waals surface area contributed by atoms with Crippen LogP contribution in [-0.2, 0) is 24.8 Å². The van der Waals surface area contributed by atoms with Gasteiger partial charge in [-0.15, -0.1) is 0 Å². The van der Waals surface area contributed by atoms with Crippen LogP contribution in [-0.4, -0.2) is 51.6 Å². The van der Waals surface area contributed by atoms with Crippen molar-refractivity contribution in [2.45, 2.75) is 18.2 Å². The minimum Gasteiger partial charge on any atom is -0.481 e. The Hall–Kier alpha value is -1.72. The zero-order valence-corrected chi connectivity index (χ0v) is 15.3. The monoisotopic (exact) mass is 394 g/mol. The van der Waals surface area contributed by atoms with Crippen LogP contribution in [0.25, 0.3) is 0 Å². The van der Waals surface area contributed by atoms with Gasteiger partial charge in [-0.25, -0.2) is 21.2 Å². The molecule has 1 aromatic carbocycles. The van der Waals surface area contributed by atoms with Crippen molar-refractivity contribution < 1.29 is 31.1 Å². The van der Waals surface area contributed by atoms with Crippen molar-refractivity contribution in [1.29, 1.82) is 0 Å². The molecule has 1 fully saturated rings. The van der Waals surface area contributed by atoms with E-state index in [1.807, 2.05) is 0 Å². The molecule has 0 radical (unpaired) electrons. The van der Waals surface area contributed by atoms with Gasteiger partial charge in [-0.3, -0.25) is 9.52 Å². The van der Waals surface area contributed by atoms with Crippen molar-refractivity contribution >= 4 is 31.7 Å². The fourth-order valence-corrected chi connectivity index (χ4v) is 5.01. The van der Waals surface area contributed by atoms with Gasteiger partial charge in [0.15, 0.2) is 0 Å². The number of carboxylic acid groups (broad SMARTS) is 1. The number of carbonyl (C=O) groups is 1. The quantitative estimate of drug-likeness (QED) is 0.766. The highest BCUT2D eigenvalue weighted by atomic mass is 32.2. The van der Waals surface area contributed by atoms with E-state index in [0.29, 0.717) is 6.42 Å². The average molecular weight is 394 g/mol. The number of carboxylic acids is 1. The van der Waals surface area contributed by atoms with E-state index in [-0.39, 0.29) is 24.7 Å². The lowest BCUT2D eigenvalue weighted by Gasteiger charge is -2.33. The summed E-state index contributed by atoms with van der Waals surface area (Å²) in [6, 6.07) is 2.88. The molecule has 2 rings (SSSR count). The molecular weight excluding hydrogens is 375 g/mol. The van der Waals surface area contributed by atoms with Crippen molar-refractivity contribution in [3.8, 4) is 0 Å². The van der Waals surface area contributed by atoms with Crippen molar-refractivity contribution in [3.05, 3.63) is 24.0 Å². The number of nitrogens with one attached hydrogen (secondary N) is 1. The molecule has 140 valence electrons.